The molecule has 0 aliphatic carbocycles. The Morgan fingerprint density at radius 3 is 2.65 bits per heavy atom. The van der Waals surface area contributed by atoms with E-state index in [0.29, 0.717) is 37.6 Å². The van der Waals surface area contributed by atoms with E-state index in [2.05, 4.69) is 29.6 Å². The van der Waals surface area contributed by atoms with Crippen molar-refractivity contribution < 1.29 is 23.1 Å². The molecule has 1 amide bonds. The number of aromatic nitrogens is 2. The summed E-state index contributed by atoms with van der Waals surface area (Å²) >= 11 is 1.31. The van der Waals surface area contributed by atoms with Gasteiger partial charge in [-0.3, -0.25) is 0 Å². The SMILES string of the molecule is Cc1nc(S(=O)(=O)N(COCC[Si](C)(C)C)c2cscn2)ccc1N(C)[C@H]1CCN(C(=O)O)C1. The Morgan fingerprint density at radius 1 is 1.35 bits per heavy atom. The van der Waals surface area contributed by atoms with Crippen LogP contribution in [0.3, 0.4) is 0 Å². The number of pyridine rings is 1. The van der Waals surface area contributed by atoms with Crippen LogP contribution in [0.2, 0.25) is 25.7 Å². The minimum atomic E-state index is -4.00. The van der Waals surface area contributed by atoms with Crippen LogP contribution < -0.4 is 9.21 Å². The number of ether oxygens (including phenoxy) is 1. The molecule has 2 aromatic rings. The Bertz CT molecular complexity index is 1090. The summed E-state index contributed by atoms with van der Waals surface area (Å²) in [5, 5.41) is 10.8. The molecule has 0 radical (unpaired) electrons. The molecule has 0 aromatic carbocycles. The molecule has 1 aliphatic rings. The van der Waals surface area contributed by atoms with Crippen LogP contribution in [0.4, 0.5) is 16.3 Å². The maximum Gasteiger partial charge on any atom is 0.407 e. The van der Waals surface area contributed by atoms with Gasteiger partial charge in [-0.2, -0.15) is 8.42 Å². The molecular formula is C21H33N5O5S2Si. The number of rotatable bonds is 10. The minimum absolute atomic E-state index is 0.00493. The van der Waals surface area contributed by atoms with E-state index >= 15 is 0 Å². The van der Waals surface area contributed by atoms with Crippen molar-refractivity contribution in [1.29, 1.82) is 0 Å². The Hall–Kier alpha value is -2.22. The first-order valence-electron chi connectivity index (χ1n) is 11.1. The van der Waals surface area contributed by atoms with Crippen molar-refractivity contribution in [3.05, 3.63) is 28.7 Å². The average Bonchev–Trinajstić information content (AvgIpc) is 3.44. The van der Waals surface area contributed by atoms with Crippen molar-refractivity contribution in [2.75, 3.05) is 42.7 Å². The zero-order valence-electron chi connectivity index (χ0n) is 20.3. The number of hydrogen-bond acceptors (Lipinski definition) is 8. The molecule has 1 N–H and O–H groups in total. The lowest BCUT2D eigenvalue weighted by atomic mass is 10.2. The number of hydrogen-bond donors (Lipinski definition) is 1. The smallest absolute Gasteiger partial charge is 0.407 e. The third kappa shape index (κ3) is 6.26. The molecule has 13 heteroatoms. The summed E-state index contributed by atoms with van der Waals surface area (Å²) in [5.74, 6) is 0.304. The summed E-state index contributed by atoms with van der Waals surface area (Å²) in [5.41, 5.74) is 2.90. The number of thiazole rings is 1. The van der Waals surface area contributed by atoms with Crippen LogP contribution in [0.5, 0.6) is 0 Å². The predicted octanol–water partition coefficient (Wildman–Crippen LogP) is 3.54. The minimum Gasteiger partial charge on any atom is -0.465 e. The van der Waals surface area contributed by atoms with Gasteiger partial charge in [0.05, 0.1) is 16.9 Å². The molecule has 34 heavy (non-hydrogen) atoms. The van der Waals surface area contributed by atoms with E-state index in [0.717, 1.165) is 16.0 Å². The number of aryl methyl sites for hydroxylation is 1. The summed E-state index contributed by atoms with van der Waals surface area (Å²) < 4.78 is 33.9. The highest BCUT2D eigenvalue weighted by Gasteiger charge is 2.32. The molecule has 0 unspecified atom stereocenters. The van der Waals surface area contributed by atoms with Gasteiger partial charge in [-0.1, -0.05) is 19.6 Å². The number of nitrogens with zero attached hydrogens (tertiary/aromatic N) is 5. The van der Waals surface area contributed by atoms with Gasteiger partial charge in [0.1, 0.15) is 6.73 Å². The lowest BCUT2D eigenvalue weighted by Crippen LogP contribution is -2.37. The number of amides is 1. The molecule has 0 saturated carbocycles. The maximum atomic E-state index is 13.5. The van der Waals surface area contributed by atoms with Gasteiger partial charge in [-0.05, 0) is 31.5 Å². The van der Waals surface area contributed by atoms with Gasteiger partial charge in [0.25, 0.3) is 10.0 Å². The van der Waals surface area contributed by atoms with Gasteiger partial charge in [0.15, 0.2) is 10.8 Å². The summed E-state index contributed by atoms with van der Waals surface area (Å²) in [4.78, 5) is 23.2. The summed E-state index contributed by atoms with van der Waals surface area (Å²) in [6, 6.07) is 4.14. The van der Waals surface area contributed by atoms with Gasteiger partial charge in [-0.25, -0.2) is 19.1 Å². The molecule has 0 bridgehead atoms. The van der Waals surface area contributed by atoms with E-state index < -0.39 is 24.2 Å². The largest absolute Gasteiger partial charge is 0.465 e. The summed E-state index contributed by atoms with van der Waals surface area (Å²) in [7, 11) is -3.43. The van der Waals surface area contributed by atoms with Crippen molar-refractivity contribution in [2.45, 2.75) is 50.1 Å². The number of likely N-dealkylation sites (tertiary alicyclic amines) is 1. The molecule has 1 fully saturated rings. The van der Waals surface area contributed by atoms with Crippen molar-refractivity contribution in [3.63, 3.8) is 0 Å². The van der Waals surface area contributed by atoms with Crippen molar-refractivity contribution in [3.8, 4) is 0 Å². The normalized spacial score (nSPS) is 16.6. The maximum absolute atomic E-state index is 13.5. The standard InChI is InChI=1S/C21H33N5O5S2Si/c1-16-18(24(2)17-8-9-25(12-17)21(27)28)6-7-20(23-16)33(29,30)26(19-13-32-14-22-19)15-31-10-11-34(3,4)5/h6-7,13-14,17H,8-12,15H2,1-5H3,(H,27,28)/t17-/m0/s1. The van der Waals surface area contributed by atoms with E-state index in [-0.39, 0.29) is 17.8 Å². The van der Waals surface area contributed by atoms with Crippen LogP contribution in [0, 0.1) is 6.92 Å². The molecule has 3 heterocycles. The summed E-state index contributed by atoms with van der Waals surface area (Å²) in [6.07, 6.45) is -0.226. The number of carboxylic acid groups (broad SMARTS) is 1. The molecule has 1 aliphatic heterocycles. The third-order valence-corrected chi connectivity index (χ3v) is 9.74. The van der Waals surface area contributed by atoms with E-state index in [4.69, 9.17) is 4.74 Å². The van der Waals surface area contributed by atoms with Crippen LogP contribution >= 0.6 is 11.3 Å². The first-order valence-corrected chi connectivity index (χ1v) is 17.2. The van der Waals surface area contributed by atoms with Crippen LogP contribution in [-0.2, 0) is 14.8 Å². The fraction of sp³-hybridized carbons (Fsp3) is 0.571. The lowest BCUT2D eigenvalue weighted by molar-refractivity contribution is 0.155. The number of anilines is 2. The molecule has 2 aromatic heterocycles. The third-order valence-electron chi connectivity index (χ3n) is 5.83. The molecule has 188 valence electrons. The van der Waals surface area contributed by atoms with E-state index in [1.165, 1.54) is 22.3 Å². The second-order valence-corrected chi connectivity index (χ2v) is 17.7. The summed E-state index contributed by atoms with van der Waals surface area (Å²) in [6.45, 7) is 9.69. The number of carbonyl (C=O) groups is 1. The number of likely N-dealkylation sites (N-methyl/N-ethyl adjacent to an activating group) is 1. The monoisotopic (exact) mass is 527 g/mol. The highest BCUT2D eigenvalue weighted by atomic mass is 32.2. The van der Waals surface area contributed by atoms with Crippen LogP contribution in [0.25, 0.3) is 0 Å². The van der Waals surface area contributed by atoms with Crippen LogP contribution in [-0.4, -0.2) is 82.1 Å². The fourth-order valence-corrected chi connectivity index (χ4v) is 6.34. The first kappa shape index (κ1) is 26.4. The quantitative estimate of drug-likeness (QED) is 0.283. The molecule has 1 atom stereocenters. The molecule has 3 rings (SSSR count). The highest BCUT2D eigenvalue weighted by Crippen LogP contribution is 2.28. The first-order chi connectivity index (χ1) is 15.9. The molecule has 10 nitrogen and oxygen atoms in total. The van der Waals surface area contributed by atoms with Crippen LogP contribution in [0.1, 0.15) is 12.1 Å². The topological polar surface area (TPSA) is 116 Å². The second-order valence-electron chi connectivity index (χ2n) is 9.58. The van der Waals surface area contributed by atoms with Crippen LogP contribution in [0.15, 0.2) is 28.0 Å². The molecule has 0 spiro atoms. The number of sulfonamides is 1. The predicted molar refractivity (Wildman–Crippen MR) is 136 cm³/mol. The van der Waals surface area contributed by atoms with Gasteiger partial charge in [-0.15, -0.1) is 11.3 Å². The van der Waals surface area contributed by atoms with Crippen molar-refractivity contribution >= 4 is 47.0 Å². The van der Waals surface area contributed by atoms with E-state index in [9.17, 15) is 18.3 Å². The second kappa shape index (κ2) is 10.6. The molecular weight excluding hydrogens is 494 g/mol. The van der Waals surface area contributed by atoms with Gasteiger partial charge in [0, 0.05) is 46.2 Å². The Balaban J connectivity index is 1.79. The Kier molecular flexibility index (Phi) is 8.21. The Labute approximate surface area is 206 Å². The zero-order chi connectivity index (χ0) is 25.1. The van der Waals surface area contributed by atoms with Crippen molar-refractivity contribution in [2.24, 2.45) is 0 Å². The fourth-order valence-electron chi connectivity index (χ4n) is 3.70. The van der Waals surface area contributed by atoms with Gasteiger partial charge >= 0.3 is 6.09 Å². The van der Waals surface area contributed by atoms with E-state index in [1.54, 1.807) is 23.9 Å². The zero-order valence-corrected chi connectivity index (χ0v) is 22.9. The lowest BCUT2D eigenvalue weighted by Gasteiger charge is -2.28. The van der Waals surface area contributed by atoms with Gasteiger partial charge in [0.2, 0.25) is 0 Å². The van der Waals surface area contributed by atoms with Crippen molar-refractivity contribution in [1.82, 2.24) is 14.9 Å². The average molecular weight is 528 g/mol. The highest BCUT2D eigenvalue weighted by molar-refractivity contribution is 7.92. The Morgan fingerprint density at radius 2 is 2.09 bits per heavy atom. The van der Waals surface area contributed by atoms with Gasteiger partial charge < -0.3 is 19.6 Å². The molecule has 1 saturated heterocycles. The van der Waals surface area contributed by atoms with E-state index in [1.807, 2.05) is 11.9 Å².